The Morgan fingerprint density at radius 1 is 0.850 bits per heavy atom. The van der Waals surface area contributed by atoms with Gasteiger partial charge >= 0.3 is 57.4 Å². The molecule has 2 amide bonds. The second kappa shape index (κ2) is 92.9. The Morgan fingerprint density at radius 2 is 0.850 bits per heavy atom. The fourth-order valence-electron chi connectivity index (χ4n) is 0. The van der Waals surface area contributed by atoms with E-state index in [2.05, 4.69) is 6.92 Å². The largest absolute Gasteiger partial charge is 2.00 e. The van der Waals surface area contributed by atoms with Crippen LogP contribution in [0.25, 0.3) is 11.5 Å². The van der Waals surface area contributed by atoms with Crippen molar-refractivity contribution in [3.8, 4) is 0 Å². The first-order valence-electron chi connectivity index (χ1n) is 2.99. The van der Waals surface area contributed by atoms with Crippen molar-refractivity contribution in [1.82, 2.24) is 0 Å². The first-order valence-corrected chi connectivity index (χ1v) is 7.29. The van der Waals surface area contributed by atoms with Crippen molar-refractivity contribution < 1.29 is 135 Å². The fraction of sp³-hybridized carbons (Fsp3) is 0.375. The molecule has 12 heteroatoms. The maximum atomic E-state index is 9.11. The van der Waals surface area contributed by atoms with Gasteiger partial charge in [0, 0.05) is 98.7 Å². The summed E-state index contributed by atoms with van der Waals surface area (Å²) in [5.41, 5.74) is 11.9. The van der Waals surface area contributed by atoms with Gasteiger partial charge < -0.3 is 42.8 Å². The molecule has 0 atom stereocenters. The molecule has 0 rings (SSSR count). The second-order valence-electron chi connectivity index (χ2n) is 1.18. The zero-order chi connectivity index (χ0) is 11.9. The molecule has 0 aromatic heterocycles. The molecule has 0 bridgehead atoms. The molecular weight excluding hydrogens is 514 g/mol. The zero-order valence-electron chi connectivity index (χ0n) is 12.3. The van der Waals surface area contributed by atoms with E-state index in [0.717, 1.165) is 0 Å². The van der Waals surface area contributed by atoms with Crippen LogP contribution in [0, 0.1) is 21.8 Å². The molecule has 0 aliphatic heterocycles. The van der Waals surface area contributed by atoms with Gasteiger partial charge in [-0.15, -0.1) is 0 Å². The fourth-order valence-corrected chi connectivity index (χ4v) is 0. The minimum absolute atomic E-state index is 0. The number of halogens is 2. The average molecular weight is 533 g/mol. The molecular formula is C8H19Cl2N2O2Ti6-3. The molecule has 0 aliphatic rings. The van der Waals surface area contributed by atoms with E-state index in [1.54, 1.807) is 6.92 Å². The summed E-state index contributed by atoms with van der Waals surface area (Å²) in [6, 6.07) is 0. The molecule has 0 spiro atoms. The SMILES string of the molecule is CC([NH-])=O.CC([NH-])=O.[CH2-]C.[CH3-].[CH3-].[Cl][Ti][Cl].[Ti+2].[Ti].[Ti].[Ti].[Ti]. The molecule has 0 unspecified atom stereocenters. The molecule has 0 saturated carbocycles. The van der Waals surface area contributed by atoms with Crippen LogP contribution < -0.4 is 0 Å². The van der Waals surface area contributed by atoms with Gasteiger partial charge in [-0.05, 0) is 13.8 Å². The molecule has 0 fully saturated rings. The van der Waals surface area contributed by atoms with Crippen molar-refractivity contribution in [1.29, 1.82) is 0 Å². The smallest absolute Gasteiger partial charge is 0 e. The van der Waals surface area contributed by atoms with Crippen molar-refractivity contribution in [3.05, 3.63) is 33.2 Å². The van der Waals surface area contributed by atoms with Crippen molar-refractivity contribution >= 4 is 30.4 Å². The van der Waals surface area contributed by atoms with E-state index < -0.39 is 28.8 Å². The third-order valence-electron chi connectivity index (χ3n) is 0. The first-order chi connectivity index (χ1) is 5.88. The summed E-state index contributed by atoms with van der Waals surface area (Å²) in [6.45, 7) is 7.39. The standard InChI is InChI=1S/2C2H5NO.C2H5.2CH3.2ClH.6Ti/c2*1-2(3)4;1-2;;;;;;;;;;/h2*1H3,(H2,3,4);1H2,2H3;2*1H3;2*1H;;;;;;/q;;3*-1;;;;;;;2*+2/p-4. The molecule has 114 valence electrons. The van der Waals surface area contributed by atoms with E-state index >= 15 is 0 Å². The third-order valence-corrected chi connectivity index (χ3v) is 0. The number of rotatable bonds is 0. The van der Waals surface area contributed by atoms with Crippen molar-refractivity contribution in [2.24, 2.45) is 0 Å². The van der Waals surface area contributed by atoms with Gasteiger partial charge in [0.15, 0.2) is 0 Å². The van der Waals surface area contributed by atoms with Crippen LogP contribution in [-0.2, 0) is 135 Å². The van der Waals surface area contributed by atoms with Crippen molar-refractivity contribution in [2.75, 3.05) is 0 Å². The van der Waals surface area contributed by atoms with E-state index in [4.69, 9.17) is 39.7 Å². The van der Waals surface area contributed by atoms with E-state index in [1.165, 1.54) is 13.8 Å². The summed E-state index contributed by atoms with van der Waals surface area (Å²) < 4.78 is 0. The van der Waals surface area contributed by atoms with Crippen LogP contribution in [0.4, 0.5) is 0 Å². The van der Waals surface area contributed by atoms with Gasteiger partial charge in [0.1, 0.15) is 0 Å². The topological polar surface area (TPSA) is 81.7 Å². The monoisotopic (exact) mass is 533 g/mol. The van der Waals surface area contributed by atoms with Crippen LogP contribution in [0.2, 0.25) is 0 Å². The van der Waals surface area contributed by atoms with Crippen LogP contribution in [0.5, 0.6) is 0 Å². The third kappa shape index (κ3) is 652. The van der Waals surface area contributed by atoms with Crippen LogP contribution >= 0.6 is 18.6 Å². The van der Waals surface area contributed by atoms with Gasteiger partial charge in [0.05, 0.1) is 0 Å². The Bertz CT molecular complexity index is 109. The predicted molar refractivity (Wildman–Crippen MR) is 65.6 cm³/mol. The Labute approximate surface area is 216 Å². The molecule has 0 aromatic rings. The summed E-state index contributed by atoms with van der Waals surface area (Å²) in [5.74, 6) is -1.17. The normalized spacial score (nSPS) is 3.50. The van der Waals surface area contributed by atoms with Gasteiger partial charge in [-0.2, -0.15) is 6.92 Å². The molecule has 0 aromatic carbocycles. The summed E-state index contributed by atoms with van der Waals surface area (Å²) in [6.07, 6.45) is 0. The van der Waals surface area contributed by atoms with Crippen LogP contribution in [0.1, 0.15) is 20.8 Å². The van der Waals surface area contributed by atoms with Crippen LogP contribution in [0.3, 0.4) is 0 Å². The number of hydrogen-bond acceptors (Lipinski definition) is 2. The summed E-state index contributed by atoms with van der Waals surface area (Å²) in [7, 11) is 9.78. The maximum absolute atomic E-state index is 9.11. The summed E-state index contributed by atoms with van der Waals surface area (Å²) in [5, 5.41) is 0. The van der Waals surface area contributed by atoms with E-state index in [0.29, 0.717) is 0 Å². The summed E-state index contributed by atoms with van der Waals surface area (Å²) in [4.78, 5) is 18.2. The Balaban J connectivity index is -0.00000000548. The molecule has 0 aliphatic carbocycles. The molecule has 0 radical (unpaired) electrons. The van der Waals surface area contributed by atoms with E-state index in [1.807, 2.05) is 0 Å². The van der Waals surface area contributed by atoms with Gasteiger partial charge in [-0.25, -0.2) is 0 Å². The van der Waals surface area contributed by atoms with Gasteiger partial charge in [0.25, 0.3) is 0 Å². The minimum atomic E-state index is -0.583. The Hall–Kier alpha value is 3.81. The van der Waals surface area contributed by atoms with Crippen molar-refractivity contribution in [3.63, 3.8) is 0 Å². The number of amides is 2. The second-order valence-corrected chi connectivity index (χ2v) is 3.76. The van der Waals surface area contributed by atoms with E-state index in [9.17, 15) is 0 Å². The Morgan fingerprint density at radius 3 is 0.850 bits per heavy atom. The van der Waals surface area contributed by atoms with Gasteiger partial charge in [0.2, 0.25) is 0 Å². The maximum Gasteiger partial charge on any atom is 2.00 e. The quantitative estimate of drug-likeness (QED) is 0.344. The predicted octanol–water partition coefficient (Wildman–Crippen LogP) is 4.28. The molecule has 0 heterocycles. The molecule has 4 nitrogen and oxygen atoms in total. The number of carbonyl (C=O) groups excluding carboxylic acids is 2. The Kier molecular flexibility index (Phi) is 351. The van der Waals surface area contributed by atoms with E-state index in [-0.39, 0.29) is 123 Å². The number of nitrogens with one attached hydrogen (secondary N) is 2. The van der Waals surface area contributed by atoms with Crippen molar-refractivity contribution in [2.45, 2.75) is 20.8 Å². The minimum Gasteiger partial charge on any atom is 0 e. The van der Waals surface area contributed by atoms with Crippen LogP contribution in [0.15, 0.2) is 0 Å². The summed E-state index contributed by atoms with van der Waals surface area (Å²) >= 11 is -0.556. The molecule has 0 saturated heterocycles. The average Bonchev–Trinajstić information content (AvgIpc) is 1.89. The molecule has 20 heavy (non-hydrogen) atoms. The number of hydrogen-bond donors (Lipinski definition) is 0. The zero-order valence-corrected chi connectivity index (χ0v) is 23.2. The molecule has 2 N–H and O–H groups in total. The first kappa shape index (κ1) is 75.5. The van der Waals surface area contributed by atoms with Crippen LogP contribution in [-0.4, -0.2) is 11.8 Å². The number of carbonyl (C=O) groups is 2. The van der Waals surface area contributed by atoms with Gasteiger partial charge in [-0.3, -0.25) is 0 Å². The van der Waals surface area contributed by atoms with Gasteiger partial charge in [-0.1, -0.05) is 0 Å².